The molecule has 0 radical (unpaired) electrons. The number of aryl methyl sites for hydroxylation is 1. The van der Waals surface area contributed by atoms with E-state index < -0.39 is 5.41 Å². The van der Waals surface area contributed by atoms with Gasteiger partial charge in [-0.25, -0.2) is 0 Å². The van der Waals surface area contributed by atoms with E-state index >= 15 is 0 Å². The van der Waals surface area contributed by atoms with Crippen LogP contribution in [0, 0.1) is 6.92 Å². The maximum atomic E-state index is 2.35. The number of hydrogen-bond acceptors (Lipinski definition) is 0. The molecule has 5 aromatic rings. The molecule has 160 valence electrons. The van der Waals surface area contributed by atoms with E-state index in [4.69, 9.17) is 0 Å². The quantitative estimate of drug-likeness (QED) is 0.241. The Hall–Kier alpha value is -3.90. The van der Waals surface area contributed by atoms with Gasteiger partial charge in [0.25, 0.3) is 0 Å². The molecule has 0 fully saturated rings. The number of rotatable bonds is 6. The third kappa shape index (κ3) is 3.90. The Kier molecular flexibility index (Phi) is 5.91. The van der Waals surface area contributed by atoms with Crippen LogP contribution in [0.5, 0.6) is 0 Å². The lowest BCUT2D eigenvalue weighted by Crippen LogP contribution is -2.37. The van der Waals surface area contributed by atoms with Crippen molar-refractivity contribution < 1.29 is 0 Å². The lowest BCUT2D eigenvalue weighted by molar-refractivity contribution is 0.537. The van der Waals surface area contributed by atoms with Crippen LogP contribution in [0.3, 0.4) is 0 Å². The zero-order valence-electron chi connectivity index (χ0n) is 18.9. The van der Waals surface area contributed by atoms with Crippen LogP contribution < -0.4 is 0 Å². The summed E-state index contributed by atoms with van der Waals surface area (Å²) < 4.78 is 0. The summed E-state index contributed by atoms with van der Waals surface area (Å²) in [6.45, 7) is 2.18. The molecular formula is C33H28. The molecule has 1 atom stereocenters. The highest BCUT2D eigenvalue weighted by atomic mass is 14.5. The van der Waals surface area contributed by atoms with Crippen molar-refractivity contribution in [3.8, 4) is 0 Å². The molecule has 0 spiro atoms. The van der Waals surface area contributed by atoms with Crippen molar-refractivity contribution >= 4 is 0 Å². The van der Waals surface area contributed by atoms with Gasteiger partial charge in [-0.1, -0.05) is 151 Å². The molecule has 0 amide bonds. The van der Waals surface area contributed by atoms with Crippen molar-refractivity contribution in [2.75, 3.05) is 0 Å². The van der Waals surface area contributed by atoms with Crippen molar-refractivity contribution in [1.29, 1.82) is 0 Å². The summed E-state index contributed by atoms with van der Waals surface area (Å²) >= 11 is 0. The van der Waals surface area contributed by atoms with Gasteiger partial charge in [0.1, 0.15) is 0 Å². The molecule has 0 nitrogen and oxygen atoms in total. The first-order valence-electron chi connectivity index (χ1n) is 11.6. The molecule has 0 unspecified atom stereocenters. The van der Waals surface area contributed by atoms with Crippen LogP contribution >= 0.6 is 0 Å². The highest BCUT2D eigenvalue weighted by Crippen LogP contribution is 2.52. The Bertz CT molecular complexity index is 1190. The maximum Gasteiger partial charge on any atom is 0.0560 e. The van der Waals surface area contributed by atoms with Gasteiger partial charge in [0.15, 0.2) is 0 Å². The van der Waals surface area contributed by atoms with Crippen molar-refractivity contribution in [2.24, 2.45) is 0 Å². The number of benzene rings is 5. The molecule has 33 heavy (non-hydrogen) atoms. The van der Waals surface area contributed by atoms with Crippen LogP contribution in [0.4, 0.5) is 0 Å². The summed E-state index contributed by atoms with van der Waals surface area (Å²) in [7, 11) is 0. The topological polar surface area (TPSA) is 0 Å². The smallest absolute Gasteiger partial charge is 0.0560 e. The zero-order chi connectivity index (χ0) is 22.5. The van der Waals surface area contributed by atoms with Gasteiger partial charge in [-0.2, -0.15) is 0 Å². The van der Waals surface area contributed by atoms with Gasteiger partial charge < -0.3 is 0 Å². The van der Waals surface area contributed by atoms with E-state index in [1.165, 1.54) is 33.4 Å². The van der Waals surface area contributed by atoms with Crippen molar-refractivity contribution in [3.63, 3.8) is 0 Å². The van der Waals surface area contributed by atoms with Crippen LogP contribution in [0.2, 0.25) is 0 Å². The lowest BCUT2D eigenvalue weighted by Gasteiger charge is -2.43. The fourth-order valence-electron chi connectivity index (χ4n) is 5.29. The molecule has 0 saturated carbocycles. The van der Waals surface area contributed by atoms with E-state index in [1.54, 1.807) is 0 Å². The predicted octanol–water partition coefficient (Wildman–Crippen LogP) is 8.16. The second kappa shape index (κ2) is 9.30. The second-order valence-corrected chi connectivity index (χ2v) is 8.66. The molecule has 0 aliphatic heterocycles. The van der Waals surface area contributed by atoms with E-state index in [0.717, 1.165) is 0 Å². The van der Waals surface area contributed by atoms with Crippen LogP contribution in [-0.2, 0) is 5.41 Å². The summed E-state index contributed by atoms with van der Waals surface area (Å²) in [5.41, 5.74) is 7.36. The Morgan fingerprint density at radius 1 is 0.424 bits per heavy atom. The van der Waals surface area contributed by atoms with Gasteiger partial charge in [0, 0.05) is 5.92 Å². The molecule has 0 bridgehead atoms. The minimum Gasteiger partial charge on any atom is -0.0622 e. The highest BCUT2D eigenvalue weighted by Gasteiger charge is 2.45. The first-order valence-corrected chi connectivity index (χ1v) is 11.6. The fourth-order valence-corrected chi connectivity index (χ4v) is 5.29. The highest BCUT2D eigenvalue weighted by molar-refractivity contribution is 5.58. The predicted molar refractivity (Wildman–Crippen MR) is 139 cm³/mol. The molecule has 0 heterocycles. The van der Waals surface area contributed by atoms with Crippen LogP contribution in [0.15, 0.2) is 146 Å². The average molecular weight is 425 g/mol. The van der Waals surface area contributed by atoms with Crippen molar-refractivity contribution in [1.82, 2.24) is 0 Å². The van der Waals surface area contributed by atoms with Crippen LogP contribution in [0.1, 0.15) is 39.3 Å². The van der Waals surface area contributed by atoms with Gasteiger partial charge in [-0.3, -0.25) is 0 Å². The normalized spacial score (nSPS) is 12.3. The third-order valence-corrected chi connectivity index (χ3v) is 6.63. The third-order valence-electron chi connectivity index (χ3n) is 6.63. The minimum atomic E-state index is -0.404. The molecule has 0 N–H and O–H groups in total. The Balaban J connectivity index is 1.95. The molecule has 5 rings (SSSR count). The van der Waals surface area contributed by atoms with E-state index in [-0.39, 0.29) is 5.92 Å². The van der Waals surface area contributed by atoms with Gasteiger partial charge in [-0.15, -0.1) is 0 Å². The minimum absolute atomic E-state index is 0.0887. The summed E-state index contributed by atoms with van der Waals surface area (Å²) in [6, 6.07) is 53.0. The Morgan fingerprint density at radius 3 is 1.24 bits per heavy atom. The average Bonchev–Trinajstić information content (AvgIpc) is 2.89. The standard InChI is InChI=1S/C33H28/c1-26-15-14-18-28(25-26)32(27-16-6-2-7-17-27)33(29-19-8-3-9-20-29,30-21-10-4-11-22-30)31-23-12-5-13-24-31/h2-25,32H,1H3/t32-/m1/s1. The molecular weight excluding hydrogens is 396 g/mol. The van der Waals surface area contributed by atoms with Crippen LogP contribution in [-0.4, -0.2) is 0 Å². The molecule has 0 aliphatic carbocycles. The second-order valence-electron chi connectivity index (χ2n) is 8.66. The fraction of sp³-hybridized carbons (Fsp3) is 0.0909. The zero-order valence-corrected chi connectivity index (χ0v) is 18.9. The first kappa shape index (κ1) is 21.0. The summed E-state index contributed by atoms with van der Waals surface area (Å²) in [5.74, 6) is 0.0887. The summed E-state index contributed by atoms with van der Waals surface area (Å²) in [6.07, 6.45) is 0. The van der Waals surface area contributed by atoms with Crippen molar-refractivity contribution in [3.05, 3.63) is 179 Å². The summed E-state index contributed by atoms with van der Waals surface area (Å²) in [4.78, 5) is 0. The van der Waals surface area contributed by atoms with E-state index in [1.807, 2.05) is 0 Å². The van der Waals surface area contributed by atoms with E-state index in [9.17, 15) is 0 Å². The Morgan fingerprint density at radius 2 is 0.818 bits per heavy atom. The maximum absolute atomic E-state index is 2.35. The van der Waals surface area contributed by atoms with Gasteiger partial charge in [-0.05, 0) is 34.7 Å². The Labute approximate surface area is 197 Å². The summed E-state index contributed by atoms with van der Waals surface area (Å²) in [5, 5.41) is 0. The van der Waals surface area contributed by atoms with E-state index in [2.05, 4.69) is 153 Å². The monoisotopic (exact) mass is 424 g/mol. The first-order chi connectivity index (χ1) is 16.3. The lowest BCUT2D eigenvalue weighted by atomic mass is 9.58. The van der Waals surface area contributed by atoms with E-state index in [0.29, 0.717) is 0 Å². The number of hydrogen-bond donors (Lipinski definition) is 0. The molecule has 0 aromatic heterocycles. The van der Waals surface area contributed by atoms with Gasteiger partial charge in [0.2, 0.25) is 0 Å². The molecule has 0 aliphatic rings. The van der Waals surface area contributed by atoms with Gasteiger partial charge >= 0.3 is 0 Å². The van der Waals surface area contributed by atoms with Gasteiger partial charge in [0.05, 0.1) is 5.41 Å². The molecule has 5 aromatic carbocycles. The van der Waals surface area contributed by atoms with Crippen molar-refractivity contribution in [2.45, 2.75) is 18.3 Å². The SMILES string of the molecule is Cc1cccc([C@@H](c2ccccc2)C(c2ccccc2)(c2ccccc2)c2ccccc2)c1. The largest absolute Gasteiger partial charge is 0.0622 e. The molecule has 0 heteroatoms. The van der Waals surface area contributed by atoms with Crippen LogP contribution in [0.25, 0.3) is 0 Å². The molecule has 0 saturated heterocycles.